The van der Waals surface area contributed by atoms with E-state index >= 15 is 0 Å². The number of Topliss-reactive ketones (excluding diaryl/α,β-unsaturated/α-hetero) is 1. The molecule has 0 bridgehead atoms. The fourth-order valence-electron chi connectivity index (χ4n) is 9.74. The molecule has 332 valence electrons. The predicted molar refractivity (Wildman–Crippen MR) is 203 cm³/mol. The highest BCUT2D eigenvalue weighted by molar-refractivity contribution is 6.31. The zero-order valence-corrected chi connectivity index (χ0v) is 33.7. The summed E-state index contributed by atoms with van der Waals surface area (Å²) in [6.07, 6.45) is -4.98. The minimum Gasteiger partial charge on any atom is -0.507 e. The number of carbonyl (C=O) groups excluding carboxylic acids is 8. The molecule has 5 heterocycles. The fourth-order valence-corrected chi connectivity index (χ4v) is 9.74. The second-order valence-corrected chi connectivity index (χ2v) is 16.4. The zero-order valence-electron chi connectivity index (χ0n) is 33.7. The normalized spacial score (nSPS) is 31.2. The van der Waals surface area contributed by atoms with E-state index in [2.05, 4.69) is 4.90 Å². The number of aliphatic hydroxyl groups excluding tert-OH is 1. The summed E-state index contributed by atoms with van der Waals surface area (Å²) in [6, 6.07) is 3.41. The predicted octanol–water partition coefficient (Wildman–Crippen LogP) is -0.744. The number of likely N-dealkylation sites (tertiary alicyclic amines) is 1. The number of fused-ring (bicyclic) bond motifs is 6. The second kappa shape index (κ2) is 15.8. The smallest absolute Gasteiger partial charge is 0.312 e. The third kappa shape index (κ3) is 6.86. The molecule has 9 rings (SSSR count). The van der Waals surface area contributed by atoms with Crippen molar-refractivity contribution in [1.82, 2.24) is 14.7 Å². The van der Waals surface area contributed by atoms with E-state index in [-0.39, 0.29) is 29.2 Å². The van der Waals surface area contributed by atoms with Crippen LogP contribution >= 0.6 is 0 Å². The quantitative estimate of drug-likeness (QED) is 0.0844. The molecule has 63 heavy (non-hydrogen) atoms. The van der Waals surface area contributed by atoms with E-state index in [1.807, 2.05) is 0 Å². The van der Waals surface area contributed by atoms with Crippen molar-refractivity contribution >= 4 is 46.9 Å². The lowest BCUT2D eigenvalue weighted by Gasteiger charge is -2.43. The van der Waals surface area contributed by atoms with Crippen LogP contribution in [0.25, 0.3) is 0 Å². The first-order chi connectivity index (χ1) is 30.0. The highest BCUT2D eigenvalue weighted by Crippen LogP contribution is 2.53. The van der Waals surface area contributed by atoms with Crippen molar-refractivity contribution in [2.75, 3.05) is 33.5 Å². The molecule has 4 fully saturated rings. The number of methoxy groups -OCH3 is 1. The molecule has 0 aromatic heterocycles. The Kier molecular flexibility index (Phi) is 10.7. The molecular formula is C42H41N3O18. The van der Waals surface area contributed by atoms with Gasteiger partial charge in [-0.3, -0.25) is 53.1 Å². The van der Waals surface area contributed by atoms with E-state index in [0.717, 1.165) is 12.2 Å². The van der Waals surface area contributed by atoms with Gasteiger partial charge in [-0.05, 0) is 13.0 Å². The summed E-state index contributed by atoms with van der Waals surface area (Å²) in [6.45, 7) is 0.876. The maximum absolute atomic E-state index is 14.5. The molecule has 4 saturated heterocycles. The third-order valence-corrected chi connectivity index (χ3v) is 12.8. The third-order valence-electron chi connectivity index (χ3n) is 12.8. The highest BCUT2D eigenvalue weighted by atomic mass is 16.7. The summed E-state index contributed by atoms with van der Waals surface area (Å²) in [7, 11) is 1.50. The number of phenols is 2. The van der Waals surface area contributed by atoms with Crippen LogP contribution in [0, 0.1) is 5.92 Å². The maximum Gasteiger partial charge on any atom is 0.312 e. The van der Waals surface area contributed by atoms with Crippen molar-refractivity contribution in [1.29, 1.82) is 0 Å². The number of hydrogen-bond donors (Lipinski definition) is 4. The molecule has 1 unspecified atom stereocenters. The molecule has 2 aliphatic carbocycles. The Morgan fingerprint density at radius 1 is 0.952 bits per heavy atom. The number of rotatable bonds is 10. The Bertz CT molecular complexity index is 2410. The molecule has 9 atom stereocenters. The van der Waals surface area contributed by atoms with Crippen LogP contribution in [0.1, 0.15) is 81.7 Å². The minimum absolute atomic E-state index is 0.186. The van der Waals surface area contributed by atoms with Crippen molar-refractivity contribution in [2.45, 2.75) is 87.8 Å². The number of ether oxygens (including phenoxy) is 6. The van der Waals surface area contributed by atoms with Crippen molar-refractivity contribution in [2.24, 2.45) is 5.92 Å². The molecule has 5 aliphatic heterocycles. The Hall–Kier alpha value is -5.78. The van der Waals surface area contributed by atoms with E-state index < -0.39 is 168 Å². The van der Waals surface area contributed by atoms with E-state index in [1.54, 1.807) is 6.92 Å². The number of ketones is 3. The topological polar surface area (TPSA) is 283 Å². The number of esters is 1. The largest absolute Gasteiger partial charge is 0.507 e. The summed E-state index contributed by atoms with van der Waals surface area (Å²) >= 11 is 0. The van der Waals surface area contributed by atoms with Gasteiger partial charge in [0.2, 0.25) is 17.6 Å². The number of aliphatic hydroxyl groups is 2. The Balaban J connectivity index is 1.00. The Morgan fingerprint density at radius 2 is 1.68 bits per heavy atom. The standard InChI is InChI=1S/C42H41N3O18/c1-17-38-21(43-8-9-59-41(58-2)40(43)63-38)12-29(60-17)62-23-14-42(57,24(47)15-46)13-20-31(23)37(55)33-32(35(20)53)34(52)19-4-3-5-22(30(19)36(33)54)61-28(51)11-18-10-27(50)45(39(18)56)16-44-25(48)6-7-26(44)49/h3-7,17-18,21,23,29,38,40-41,46,53,55,57H,8-16H2,1-2H3/t17-,18?,21-,23-,29-,38+,40+,41-,42-/m0/s1. The average Bonchev–Trinajstić information content (AvgIpc) is 3.88. The summed E-state index contributed by atoms with van der Waals surface area (Å²) in [4.78, 5) is 108. The second-order valence-electron chi connectivity index (χ2n) is 16.4. The van der Waals surface area contributed by atoms with Gasteiger partial charge in [-0.25, -0.2) is 0 Å². The minimum atomic E-state index is -2.37. The van der Waals surface area contributed by atoms with Gasteiger partial charge < -0.3 is 48.8 Å². The van der Waals surface area contributed by atoms with Gasteiger partial charge in [0, 0.05) is 74.2 Å². The van der Waals surface area contributed by atoms with Crippen LogP contribution in [0.15, 0.2) is 30.4 Å². The summed E-state index contributed by atoms with van der Waals surface area (Å²) in [5, 5.41) is 45.4. The molecule has 2 aromatic rings. The first-order valence-corrected chi connectivity index (χ1v) is 20.2. The number of benzene rings is 2. The number of amides is 4. The number of imide groups is 2. The van der Waals surface area contributed by atoms with Gasteiger partial charge in [0.1, 0.15) is 42.2 Å². The van der Waals surface area contributed by atoms with Gasteiger partial charge in [0.15, 0.2) is 30.4 Å². The van der Waals surface area contributed by atoms with Crippen molar-refractivity contribution in [3.05, 3.63) is 63.7 Å². The maximum atomic E-state index is 14.5. The van der Waals surface area contributed by atoms with Crippen LogP contribution in [0.3, 0.4) is 0 Å². The number of morpholine rings is 1. The molecule has 0 saturated carbocycles. The molecule has 0 spiro atoms. The van der Waals surface area contributed by atoms with Gasteiger partial charge in [0.05, 0.1) is 47.8 Å². The average molecular weight is 876 g/mol. The molecular weight excluding hydrogens is 834 g/mol. The van der Waals surface area contributed by atoms with Crippen LogP contribution in [-0.2, 0) is 58.9 Å². The van der Waals surface area contributed by atoms with Gasteiger partial charge in [-0.1, -0.05) is 12.1 Å². The van der Waals surface area contributed by atoms with Crippen LogP contribution in [0.4, 0.5) is 0 Å². The molecule has 7 aliphatic rings. The molecule has 21 nitrogen and oxygen atoms in total. The lowest BCUT2D eigenvalue weighted by molar-refractivity contribution is -0.256. The number of nitrogens with zero attached hydrogens (tertiary/aromatic N) is 3. The molecule has 4 N–H and O–H groups in total. The number of hydrogen-bond acceptors (Lipinski definition) is 19. The van der Waals surface area contributed by atoms with Gasteiger partial charge in [0.25, 0.3) is 11.8 Å². The fraction of sp³-hybridized carbons (Fsp3) is 0.476. The van der Waals surface area contributed by atoms with Gasteiger partial charge in [-0.2, -0.15) is 0 Å². The zero-order chi connectivity index (χ0) is 44.8. The molecule has 21 heteroatoms. The molecule has 0 radical (unpaired) electrons. The van der Waals surface area contributed by atoms with E-state index in [0.29, 0.717) is 23.0 Å². The molecule has 2 aromatic carbocycles. The van der Waals surface area contributed by atoms with E-state index in [9.17, 15) is 58.8 Å². The SMILES string of the molecule is CO[C@H]1OCCN2[C@@H]1O[C@@H]1[C@H](C)O[C@@H](O[C@H]3C[C@](O)(C(=O)CO)Cc4c(O)c5c(c(O)c43)C(=O)c3c(OC(=O)CC4CC(=O)N(CN6C(=O)C=CC6=O)C4=O)cccc3C5=O)C[C@@H]12. The van der Waals surface area contributed by atoms with Crippen LogP contribution < -0.4 is 4.74 Å². The van der Waals surface area contributed by atoms with Crippen molar-refractivity contribution < 1.29 is 87.2 Å². The van der Waals surface area contributed by atoms with Crippen LogP contribution in [0.2, 0.25) is 0 Å². The van der Waals surface area contributed by atoms with Crippen LogP contribution in [-0.4, -0.2) is 158 Å². The van der Waals surface area contributed by atoms with Gasteiger partial charge in [-0.15, -0.1) is 0 Å². The van der Waals surface area contributed by atoms with E-state index in [1.165, 1.54) is 25.3 Å². The summed E-state index contributed by atoms with van der Waals surface area (Å²) in [5.41, 5.74) is -5.05. The Morgan fingerprint density at radius 3 is 2.40 bits per heavy atom. The lowest BCUT2D eigenvalue weighted by atomic mass is 9.72. The summed E-state index contributed by atoms with van der Waals surface area (Å²) in [5.74, 6) is -10.6. The Labute approximate surface area is 356 Å². The number of aromatic hydroxyl groups is 2. The van der Waals surface area contributed by atoms with Crippen molar-refractivity contribution in [3.63, 3.8) is 0 Å². The highest BCUT2D eigenvalue weighted by Gasteiger charge is 2.55. The lowest BCUT2D eigenvalue weighted by Crippen LogP contribution is -2.55. The van der Waals surface area contributed by atoms with E-state index in [4.69, 9.17) is 28.4 Å². The number of carbonyl (C=O) groups is 8. The van der Waals surface area contributed by atoms with Gasteiger partial charge >= 0.3 is 5.97 Å². The number of phenolic OH excluding ortho intramolecular Hbond substituents is 2. The van der Waals surface area contributed by atoms with Crippen LogP contribution in [0.5, 0.6) is 17.2 Å². The molecule has 4 amide bonds. The van der Waals surface area contributed by atoms with Crippen molar-refractivity contribution in [3.8, 4) is 17.2 Å². The first-order valence-electron chi connectivity index (χ1n) is 20.2. The first kappa shape index (κ1) is 42.5. The summed E-state index contributed by atoms with van der Waals surface area (Å²) < 4.78 is 35.6. The monoisotopic (exact) mass is 875 g/mol.